The Kier molecular flexibility index (Phi) is 4.62. The Morgan fingerprint density at radius 2 is 1.97 bits per heavy atom. The molecule has 3 aromatic rings. The highest BCUT2D eigenvalue weighted by molar-refractivity contribution is 9.10. The molecule has 0 bridgehead atoms. The number of H-pyrrole nitrogens is 1. The van der Waals surface area contributed by atoms with Gasteiger partial charge in [0.2, 0.25) is 5.91 Å². The smallest absolute Gasteiger partial charge is 0.254 e. The monoisotopic (exact) mass is 452 g/mol. The first kappa shape index (κ1) is 18.4. The zero-order chi connectivity index (χ0) is 20.0. The van der Waals surface area contributed by atoms with Crippen molar-refractivity contribution in [2.45, 2.75) is 38.9 Å². The van der Waals surface area contributed by atoms with Crippen molar-refractivity contribution < 1.29 is 9.59 Å². The van der Waals surface area contributed by atoms with Crippen LogP contribution in [0.25, 0.3) is 10.9 Å². The van der Waals surface area contributed by atoms with Crippen LogP contribution in [0.2, 0.25) is 0 Å². The van der Waals surface area contributed by atoms with E-state index in [1.165, 1.54) is 11.1 Å². The molecule has 1 fully saturated rings. The van der Waals surface area contributed by atoms with Crippen LogP contribution in [-0.4, -0.2) is 38.4 Å². The molecule has 29 heavy (non-hydrogen) atoms. The molecule has 7 heteroatoms. The van der Waals surface area contributed by atoms with Crippen LogP contribution in [0.1, 0.15) is 46.4 Å². The third-order valence-electron chi connectivity index (χ3n) is 5.83. The Labute approximate surface area is 177 Å². The molecule has 5 rings (SSSR count). The number of carbonyl (C=O) groups excluding carboxylic acids is 2. The first-order valence-corrected chi connectivity index (χ1v) is 10.7. The Balaban J connectivity index is 1.39. The van der Waals surface area contributed by atoms with Gasteiger partial charge in [0, 0.05) is 41.5 Å². The lowest BCUT2D eigenvalue weighted by atomic mass is 10.1. The molecule has 1 saturated heterocycles. The van der Waals surface area contributed by atoms with Crippen molar-refractivity contribution in [1.82, 2.24) is 20.0 Å². The summed E-state index contributed by atoms with van der Waals surface area (Å²) in [6.07, 6.45) is 2.61. The first-order valence-electron chi connectivity index (χ1n) is 9.90. The van der Waals surface area contributed by atoms with Gasteiger partial charge in [-0.15, -0.1) is 0 Å². The molecule has 0 atom stereocenters. The van der Waals surface area contributed by atoms with Crippen LogP contribution < -0.4 is 0 Å². The number of nitrogens with zero attached hydrogens (tertiary/aromatic N) is 3. The van der Waals surface area contributed by atoms with Crippen LogP contribution in [-0.2, 0) is 24.4 Å². The van der Waals surface area contributed by atoms with E-state index >= 15 is 0 Å². The molecule has 3 heterocycles. The SMILES string of the molecule is O=C1CCCCN1Cc1[nH]nc2ccc(C(=O)N3Cc4ccc(Br)cc4C3)cc12. The van der Waals surface area contributed by atoms with Crippen molar-refractivity contribution in [1.29, 1.82) is 0 Å². The minimum Gasteiger partial charge on any atom is -0.337 e. The predicted octanol–water partition coefficient (Wildman–Crippen LogP) is 3.99. The second-order valence-corrected chi connectivity index (χ2v) is 8.70. The second kappa shape index (κ2) is 7.30. The fourth-order valence-corrected chi connectivity index (χ4v) is 4.63. The van der Waals surface area contributed by atoms with Gasteiger partial charge in [-0.3, -0.25) is 14.7 Å². The van der Waals surface area contributed by atoms with Gasteiger partial charge in [-0.1, -0.05) is 22.0 Å². The van der Waals surface area contributed by atoms with Crippen LogP contribution in [0.15, 0.2) is 40.9 Å². The quantitative estimate of drug-likeness (QED) is 0.652. The molecular weight excluding hydrogens is 432 g/mol. The van der Waals surface area contributed by atoms with Crippen LogP contribution in [0.5, 0.6) is 0 Å². The number of fused-ring (bicyclic) bond motifs is 2. The lowest BCUT2D eigenvalue weighted by Gasteiger charge is -2.26. The molecule has 0 radical (unpaired) electrons. The molecule has 2 aromatic carbocycles. The lowest BCUT2D eigenvalue weighted by molar-refractivity contribution is -0.133. The van der Waals surface area contributed by atoms with E-state index in [1.807, 2.05) is 34.1 Å². The molecule has 2 amide bonds. The summed E-state index contributed by atoms with van der Waals surface area (Å²) < 4.78 is 1.03. The Morgan fingerprint density at radius 3 is 2.83 bits per heavy atom. The minimum absolute atomic E-state index is 0.0143. The summed E-state index contributed by atoms with van der Waals surface area (Å²) in [6.45, 7) is 2.53. The van der Waals surface area contributed by atoms with E-state index in [9.17, 15) is 9.59 Å². The molecule has 2 aliphatic heterocycles. The zero-order valence-corrected chi connectivity index (χ0v) is 17.5. The Hall–Kier alpha value is -2.67. The topological polar surface area (TPSA) is 69.3 Å². The molecule has 6 nitrogen and oxygen atoms in total. The van der Waals surface area contributed by atoms with E-state index in [1.54, 1.807) is 0 Å². The summed E-state index contributed by atoms with van der Waals surface area (Å²) in [5.74, 6) is 0.202. The number of halogens is 1. The van der Waals surface area contributed by atoms with E-state index in [0.29, 0.717) is 31.6 Å². The van der Waals surface area contributed by atoms with Crippen molar-refractivity contribution in [3.05, 3.63) is 63.3 Å². The Bertz CT molecular complexity index is 1120. The maximum Gasteiger partial charge on any atom is 0.254 e. The predicted molar refractivity (Wildman–Crippen MR) is 113 cm³/mol. The van der Waals surface area contributed by atoms with Gasteiger partial charge < -0.3 is 9.80 Å². The van der Waals surface area contributed by atoms with E-state index in [-0.39, 0.29) is 11.8 Å². The molecule has 148 valence electrons. The molecule has 2 aliphatic rings. The van der Waals surface area contributed by atoms with Crippen LogP contribution in [0.3, 0.4) is 0 Å². The number of rotatable bonds is 3. The summed E-state index contributed by atoms with van der Waals surface area (Å²) in [5, 5.41) is 8.33. The number of hydrogen-bond donors (Lipinski definition) is 1. The van der Waals surface area contributed by atoms with E-state index < -0.39 is 0 Å². The summed E-state index contributed by atoms with van der Waals surface area (Å²) in [5.41, 5.74) is 4.72. The minimum atomic E-state index is 0.0143. The maximum atomic E-state index is 13.1. The molecule has 0 aliphatic carbocycles. The van der Waals surface area contributed by atoms with Crippen molar-refractivity contribution >= 4 is 38.6 Å². The van der Waals surface area contributed by atoms with Crippen molar-refractivity contribution in [3.8, 4) is 0 Å². The van der Waals surface area contributed by atoms with Crippen molar-refractivity contribution in [2.75, 3.05) is 6.54 Å². The highest BCUT2D eigenvalue weighted by atomic mass is 79.9. The number of benzene rings is 2. The molecule has 0 spiro atoms. The van der Waals surface area contributed by atoms with Crippen molar-refractivity contribution in [3.63, 3.8) is 0 Å². The highest BCUT2D eigenvalue weighted by Crippen LogP contribution is 2.28. The van der Waals surface area contributed by atoms with Gasteiger partial charge in [0.05, 0.1) is 17.8 Å². The summed E-state index contributed by atoms with van der Waals surface area (Å²) >= 11 is 3.50. The van der Waals surface area contributed by atoms with Gasteiger partial charge in [0.15, 0.2) is 0 Å². The molecule has 0 saturated carbocycles. The number of carbonyl (C=O) groups is 2. The second-order valence-electron chi connectivity index (χ2n) is 7.78. The standard InChI is InChI=1S/C22H21BrN4O2/c23-17-6-4-15-11-27(12-16(15)9-17)22(29)14-5-7-19-18(10-14)20(25-24-19)13-26-8-2-1-3-21(26)28/h4-7,9-10H,1-3,8,11-13H2,(H,24,25). The van der Waals surface area contributed by atoms with Gasteiger partial charge in [-0.05, 0) is 54.3 Å². The largest absolute Gasteiger partial charge is 0.337 e. The van der Waals surface area contributed by atoms with Gasteiger partial charge in [-0.2, -0.15) is 5.10 Å². The van der Waals surface area contributed by atoms with Crippen LogP contribution in [0.4, 0.5) is 0 Å². The summed E-state index contributed by atoms with van der Waals surface area (Å²) in [6, 6.07) is 11.8. The molecular formula is C22H21BrN4O2. The van der Waals surface area contributed by atoms with Gasteiger partial charge in [0.1, 0.15) is 0 Å². The van der Waals surface area contributed by atoms with E-state index in [4.69, 9.17) is 0 Å². The zero-order valence-electron chi connectivity index (χ0n) is 15.9. The molecule has 0 unspecified atom stereocenters. The first-order chi connectivity index (χ1) is 14.1. The van der Waals surface area contributed by atoms with Gasteiger partial charge in [0.25, 0.3) is 5.91 Å². The highest BCUT2D eigenvalue weighted by Gasteiger charge is 2.25. The molecule has 1 N–H and O–H groups in total. The maximum absolute atomic E-state index is 13.1. The Morgan fingerprint density at radius 1 is 1.10 bits per heavy atom. The number of likely N-dealkylation sites (tertiary alicyclic amines) is 1. The van der Waals surface area contributed by atoms with E-state index in [0.717, 1.165) is 40.5 Å². The number of nitrogens with one attached hydrogen (secondary N) is 1. The number of hydrogen-bond acceptors (Lipinski definition) is 3. The normalized spacial score (nSPS) is 16.5. The number of aromatic nitrogens is 2. The van der Waals surface area contributed by atoms with Crippen LogP contribution >= 0.6 is 15.9 Å². The number of amides is 2. The lowest BCUT2D eigenvalue weighted by Crippen LogP contribution is -2.34. The van der Waals surface area contributed by atoms with Crippen LogP contribution in [0, 0.1) is 0 Å². The molecule has 1 aromatic heterocycles. The summed E-state index contributed by atoms with van der Waals surface area (Å²) in [7, 11) is 0. The number of aromatic amines is 1. The summed E-state index contributed by atoms with van der Waals surface area (Å²) in [4.78, 5) is 29.0. The number of piperidine rings is 1. The van der Waals surface area contributed by atoms with E-state index in [2.05, 4.69) is 38.3 Å². The average molecular weight is 453 g/mol. The average Bonchev–Trinajstić information content (AvgIpc) is 3.32. The van der Waals surface area contributed by atoms with Gasteiger partial charge in [-0.25, -0.2) is 0 Å². The fourth-order valence-electron chi connectivity index (χ4n) is 4.23. The third kappa shape index (κ3) is 3.44. The van der Waals surface area contributed by atoms with Gasteiger partial charge >= 0.3 is 0 Å². The van der Waals surface area contributed by atoms with Crippen molar-refractivity contribution in [2.24, 2.45) is 0 Å². The third-order valence-corrected chi connectivity index (χ3v) is 6.32. The fraction of sp³-hybridized carbons (Fsp3) is 0.318.